The molecule has 3 N–H and O–H groups in total. The molecule has 1 aliphatic carbocycles. The molecular formula is C16H22F2N2O2. The van der Waals surface area contributed by atoms with Crippen LogP contribution in [0.3, 0.4) is 0 Å². The van der Waals surface area contributed by atoms with Crippen molar-refractivity contribution in [2.45, 2.75) is 38.1 Å². The summed E-state index contributed by atoms with van der Waals surface area (Å²) in [6.45, 7) is 0.294. The van der Waals surface area contributed by atoms with E-state index >= 15 is 0 Å². The lowest BCUT2D eigenvalue weighted by Crippen LogP contribution is -2.48. The molecule has 2 amide bonds. The lowest BCUT2D eigenvalue weighted by Gasteiger charge is -2.30. The first-order valence-corrected chi connectivity index (χ1v) is 7.69. The van der Waals surface area contributed by atoms with Crippen LogP contribution in [0.15, 0.2) is 18.2 Å². The van der Waals surface area contributed by atoms with Gasteiger partial charge >= 0.3 is 6.03 Å². The van der Waals surface area contributed by atoms with Crippen molar-refractivity contribution in [2.75, 3.05) is 13.2 Å². The SMILES string of the molecule is O=C(NCCc1cc(F)ccc1F)NC1CCCCC1CO. The maximum atomic E-state index is 13.4. The molecule has 0 bridgehead atoms. The summed E-state index contributed by atoms with van der Waals surface area (Å²) in [5.74, 6) is -0.870. The fraction of sp³-hybridized carbons (Fsp3) is 0.562. The number of benzene rings is 1. The number of aliphatic hydroxyl groups excluding tert-OH is 1. The minimum absolute atomic E-state index is 0.0235. The summed E-state index contributed by atoms with van der Waals surface area (Å²) in [6.07, 6.45) is 4.11. The van der Waals surface area contributed by atoms with E-state index in [2.05, 4.69) is 10.6 Å². The highest BCUT2D eigenvalue weighted by Crippen LogP contribution is 2.23. The van der Waals surface area contributed by atoms with Gasteiger partial charge in [-0.1, -0.05) is 12.8 Å². The second-order valence-corrected chi connectivity index (χ2v) is 5.72. The molecule has 0 saturated heterocycles. The Labute approximate surface area is 128 Å². The van der Waals surface area contributed by atoms with Gasteiger partial charge in [0, 0.05) is 25.1 Å². The summed E-state index contributed by atoms with van der Waals surface area (Å²) >= 11 is 0. The number of nitrogens with one attached hydrogen (secondary N) is 2. The summed E-state index contributed by atoms with van der Waals surface area (Å²) in [4.78, 5) is 11.8. The summed E-state index contributed by atoms with van der Waals surface area (Å²) in [5, 5.41) is 14.8. The molecule has 1 aromatic rings. The number of amides is 2. The molecule has 0 spiro atoms. The van der Waals surface area contributed by atoms with E-state index in [0.29, 0.717) is 0 Å². The van der Waals surface area contributed by atoms with Crippen LogP contribution in [-0.2, 0) is 6.42 Å². The van der Waals surface area contributed by atoms with E-state index in [1.165, 1.54) is 0 Å². The number of carbonyl (C=O) groups excluding carboxylic acids is 1. The van der Waals surface area contributed by atoms with Gasteiger partial charge in [-0.2, -0.15) is 0 Å². The zero-order valence-electron chi connectivity index (χ0n) is 12.4. The minimum atomic E-state index is -0.492. The van der Waals surface area contributed by atoms with E-state index in [1.807, 2.05) is 0 Å². The molecule has 1 aliphatic rings. The smallest absolute Gasteiger partial charge is 0.315 e. The molecule has 1 fully saturated rings. The van der Waals surface area contributed by atoms with Crippen LogP contribution in [0, 0.1) is 17.6 Å². The quantitative estimate of drug-likeness (QED) is 0.781. The normalized spacial score (nSPS) is 21.4. The first kappa shape index (κ1) is 16.7. The third-order valence-electron chi connectivity index (χ3n) is 4.15. The predicted molar refractivity (Wildman–Crippen MR) is 79.4 cm³/mol. The summed E-state index contributed by atoms with van der Waals surface area (Å²) in [5.41, 5.74) is 0.242. The van der Waals surface area contributed by atoms with E-state index in [1.54, 1.807) is 0 Å². The lowest BCUT2D eigenvalue weighted by atomic mass is 9.85. The molecule has 4 nitrogen and oxygen atoms in total. The maximum Gasteiger partial charge on any atom is 0.315 e. The van der Waals surface area contributed by atoms with Crippen molar-refractivity contribution < 1.29 is 18.7 Å². The zero-order chi connectivity index (χ0) is 15.9. The van der Waals surface area contributed by atoms with Crippen molar-refractivity contribution in [3.63, 3.8) is 0 Å². The Morgan fingerprint density at radius 3 is 2.82 bits per heavy atom. The molecular weight excluding hydrogens is 290 g/mol. The Hall–Kier alpha value is -1.69. The fourth-order valence-electron chi connectivity index (χ4n) is 2.88. The number of aliphatic hydroxyl groups is 1. The molecule has 1 aromatic carbocycles. The monoisotopic (exact) mass is 312 g/mol. The molecule has 0 aliphatic heterocycles. The second-order valence-electron chi connectivity index (χ2n) is 5.72. The van der Waals surface area contributed by atoms with Gasteiger partial charge in [-0.3, -0.25) is 0 Å². The molecule has 2 unspecified atom stereocenters. The second kappa shape index (κ2) is 8.08. The molecule has 1 saturated carbocycles. The lowest BCUT2D eigenvalue weighted by molar-refractivity contribution is 0.154. The Balaban J connectivity index is 1.76. The minimum Gasteiger partial charge on any atom is -0.396 e. The molecule has 0 radical (unpaired) electrons. The Morgan fingerprint density at radius 2 is 2.05 bits per heavy atom. The molecule has 2 atom stereocenters. The van der Waals surface area contributed by atoms with Crippen molar-refractivity contribution in [1.82, 2.24) is 10.6 Å². The van der Waals surface area contributed by atoms with Crippen LogP contribution in [-0.4, -0.2) is 30.3 Å². The maximum absolute atomic E-state index is 13.4. The number of hydrogen-bond acceptors (Lipinski definition) is 2. The Bertz CT molecular complexity index is 511. The highest BCUT2D eigenvalue weighted by molar-refractivity contribution is 5.74. The van der Waals surface area contributed by atoms with E-state index < -0.39 is 11.6 Å². The summed E-state index contributed by atoms with van der Waals surface area (Å²) in [7, 11) is 0. The average Bonchev–Trinajstić information content (AvgIpc) is 2.51. The van der Waals surface area contributed by atoms with Crippen LogP contribution in [0.1, 0.15) is 31.2 Å². The third-order valence-corrected chi connectivity index (χ3v) is 4.15. The van der Waals surface area contributed by atoms with Crippen LogP contribution in [0.5, 0.6) is 0 Å². The van der Waals surface area contributed by atoms with Gasteiger partial charge in [0.2, 0.25) is 0 Å². The van der Waals surface area contributed by atoms with E-state index in [-0.39, 0.29) is 43.1 Å². The number of carbonyl (C=O) groups is 1. The Kier molecular flexibility index (Phi) is 6.12. The van der Waals surface area contributed by atoms with Crippen LogP contribution in [0.4, 0.5) is 13.6 Å². The molecule has 6 heteroatoms. The molecule has 2 rings (SSSR count). The predicted octanol–water partition coefficient (Wildman–Crippen LogP) is 2.36. The topological polar surface area (TPSA) is 61.4 Å². The van der Waals surface area contributed by atoms with Gasteiger partial charge in [0.05, 0.1) is 0 Å². The van der Waals surface area contributed by atoms with Crippen molar-refractivity contribution >= 4 is 6.03 Å². The van der Waals surface area contributed by atoms with E-state index in [0.717, 1.165) is 43.9 Å². The van der Waals surface area contributed by atoms with Gasteiger partial charge in [0.1, 0.15) is 11.6 Å². The fourth-order valence-corrected chi connectivity index (χ4v) is 2.88. The largest absolute Gasteiger partial charge is 0.396 e. The van der Waals surface area contributed by atoms with Crippen molar-refractivity contribution in [3.05, 3.63) is 35.4 Å². The van der Waals surface area contributed by atoms with Crippen molar-refractivity contribution in [3.8, 4) is 0 Å². The molecule has 0 aromatic heterocycles. The van der Waals surface area contributed by atoms with Crippen molar-refractivity contribution in [1.29, 1.82) is 0 Å². The number of rotatable bonds is 5. The Morgan fingerprint density at radius 1 is 1.27 bits per heavy atom. The highest BCUT2D eigenvalue weighted by atomic mass is 19.1. The van der Waals surface area contributed by atoms with Crippen LogP contribution >= 0.6 is 0 Å². The standard InChI is InChI=1S/C16H22F2N2O2/c17-13-5-6-14(18)11(9-13)7-8-19-16(22)20-15-4-2-1-3-12(15)10-21/h5-6,9,12,15,21H,1-4,7-8,10H2,(H2,19,20,22). The van der Waals surface area contributed by atoms with Gasteiger partial charge in [-0.25, -0.2) is 13.6 Å². The zero-order valence-corrected chi connectivity index (χ0v) is 12.4. The summed E-state index contributed by atoms with van der Waals surface area (Å²) in [6, 6.07) is 2.93. The van der Waals surface area contributed by atoms with Gasteiger partial charge in [-0.05, 0) is 43.0 Å². The molecule has 0 heterocycles. The number of urea groups is 1. The van der Waals surface area contributed by atoms with Crippen LogP contribution in [0.25, 0.3) is 0 Å². The average molecular weight is 312 g/mol. The van der Waals surface area contributed by atoms with Gasteiger partial charge in [0.15, 0.2) is 0 Å². The van der Waals surface area contributed by atoms with Crippen molar-refractivity contribution in [2.24, 2.45) is 5.92 Å². The highest BCUT2D eigenvalue weighted by Gasteiger charge is 2.25. The van der Waals surface area contributed by atoms with Gasteiger partial charge in [0.25, 0.3) is 0 Å². The van der Waals surface area contributed by atoms with Crippen LogP contribution in [0.2, 0.25) is 0 Å². The molecule has 22 heavy (non-hydrogen) atoms. The third kappa shape index (κ3) is 4.66. The summed E-state index contributed by atoms with van der Waals surface area (Å²) < 4.78 is 26.5. The molecule has 122 valence electrons. The van der Waals surface area contributed by atoms with E-state index in [4.69, 9.17) is 0 Å². The first-order valence-electron chi connectivity index (χ1n) is 7.69. The van der Waals surface area contributed by atoms with Crippen LogP contribution < -0.4 is 10.6 Å². The first-order chi connectivity index (χ1) is 10.6. The van der Waals surface area contributed by atoms with Gasteiger partial charge < -0.3 is 15.7 Å². The number of hydrogen-bond donors (Lipinski definition) is 3. The van der Waals surface area contributed by atoms with Gasteiger partial charge in [-0.15, -0.1) is 0 Å². The number of halogens is 2. The van der Waals surface area contributed by atoms with E-state index in [9.17, 15) is 18.7 Å².